The van der Waals surface area contributed by atoms with E-state index in [0.717, 1.165) is 30.1 Å². The van der Waals surface area contributed by atoms with Crippen molar-refractivity contribution < 1.29 is 4.79 Å². The minimum absolute atomic E-state index is 0.0395. The van der Waals surface area contributed by atoms with Crippen LogP contribution in [-0.2, 0) is 6.42 Å². The summed E-state index contributed by atoms with van der Waals surface area (Å²) in [4.78, 5) is 18.4. The quantitative estimate of drug-likeness (QED) is 0.616. The highest BCUT2D eigenvalue weighted by molar-refractivity contribution is 5.94. The number of amides is 1. The molecule has 1 amide bonds. The Bertz CT molecular complexity index is 577. The lowest BCUT2D eigenvalue weighted by Crippen LogP contribution is -2.44. The van der Waals surface area contributed by atoms with E-state index in [-0.39, 0.29) is 5.91 Å². The second-order valence-electron chi connectivity index (χ2n) is 6.89. The number of guanidine groups is 1. The number of hydrogen-bond acceptors (Lipinski definition) is 2. The van der Waals surface area contributed by atoms with Gasteiger partial charge in [-0.15, -0.1) is 0 Å². The SMILES string of the molecule is CCNC(=NCCc1cccc(C(=O)N(C)C)c1)NC1CCCCC1. The van der Waals surface area contributed by atoms with E-state index in [4.69, 9.17) is 4.99 Å². The lowest BCUT2D eigenvalue weighted by atomic mass is 9.96. The second-order valence-corrected chi connectivity index (χ2v) is 6.89. The van der Waals surface area contributed by atoms with E-state index in [0.29, 0.717) is 12.6 Å². The fourth-order valence-electron chi connectivity index (χ4n) is 3.18. The molecular weight excluding hydrogens is 312 g/mol. The maximum Gasteiger partial charge on any atom is 0.253 e. The van der Waals surface area contributed by atoms with Gasteiger partial charge in [0.05, 0.1) is 0 Å². The lowest BCUT2D eigenvalue weighted by Gasteiger charge is -2.24. The maximum absolute atomic E-state index is 12.1. The van der Waals surface area contributed by atoms with Crippen LogP contribution in [0, 0.1) is 0 Å². The zero-order valence-corrected chi connectivity index (χ0v) is 15.8. The molecule has 0 unspecified atom stereocenters. The van der Waals surface area contributed by atoms with Gasteiger partial charge in [-0.05, 0) is 43.9 Å². The molecule has 1 saturated carbocycles. The third kappa shape index (κ3) is 6.40. The van der Waals surface area contributed by atoms with Gasteiger partial charge in [0.25, 0.3) is 5.91 Å². The average Bonchev–Trinajstić information content (AvgIpc) is 2.62. The Labute approximate surface area is 151 Å². The highest BCUT2D eigenvalue weighted by atomic mass is 16.2. The Morgan fingerprint density at radius 1 is 1.24 bits per heavy atom. The second kappa shape index (κ2) is 10.1. The van der Waals surface area contributed by atoms with Gasteiger partial charge in [0, 0.05) is 38.8 Å². The number of carbonyl (C=O) groups excluding carboxylic acids is 1. The van der Waals surface area contributed by atoms with Gasteiger partial charge in [-0.2, -0.15) is 0 Å². The van der Waals surface area contributed by atoms with Gasteiger partial charge in [0.15, 0.2) is 5.96 Å². The van der Waals surface area contributed by atoms with Crippen LogP contribution < -0.4 is 10.6 Å². The molecule has 1 aromatic rings. The van der Waals surface area contributed by atoms with Crippen LogP contribution in [-0.4, -0.2) is 50.0 Å². The summed E-state index contributed by atoms with van der Waals surface area (Å²) >= 11 is 0. The molecule has 1 aliphatic carbocycles. The first-order valence-electron chi connectivity index (χ1n) is 9.45. The molecule has 1 fully saturated rings. The Morgan fingerprint density at radius 2 is 2.00 bits per heavy atom. The highest BCUT2D eigenvalue weighted by Crippen LogP contribution is 2.17. The summed E-state index contributed by atoms with van der Waals surface area (Å²) in [5.74, 6) is 0.951. The molecule has 0 heterocycles. The third-order valence-corrected chi connectivity index (χ3v) is 4.54. The molecule has 0 saturated heterocycles. The summed E-state index contributed by atoms with van der Waals surface area (Å²) in [7, 11) is 3.55. The fourth-order valence-corrected chi connectivity index (χ4v) is 3.18. The first-order chi connectivity index (χ1) is 12.1. The topological polar surface area (TPSA) is 56.7 Å². The lowest BCUT2D eigenvalue weighted by molar-refractivity contribution is 0.0827. The Hall–Kier alpha value is -2.04. The molecule has 1 aromatic carbocycles. The molecule has 5 heteroatoms. The summed E-state index contributed by atoms with van der Waals surface area (Å²) in [6.07, 6.45) is 7.27. The van der Waals surface area contributed by atoms with Crippen molar-refractivity contribution in [1.82, 2.24) is 15.5 Å². The minimum atomic E-state index is 0.0395. The van der Waals surface area contributed by atoms with E-state index in [9.17, 15) is 4.79 Å². The van der Waals surface area contributed by atoms with Crippen LogP contribution in [0.4, 0.5) is 0 Å². The summed E-state index contributed by atoms with van der Waals surface area (Å²) in [5.41, 5.74) is 1.88. The summed E-state index contributed by atoms with van der Waals surface area (Å²) in [6.45, 7) is 3.67. The van der Waals surface area contributed by atoms with E-state index < -0.39 is 0 Å². The third-order valence-electron chi connectivity index (χ3n) is 4.54. The van der Waals surface area contributed by atoms with Crippen molar-refractivity contribution in [3.05, 3.63) is 35.4 Å². The average molecular weight is 345 g/mol. The van der Waals surface area contributed by atoms with Crippen molar-refractivity contribution >= 4 is 11.9 Å². The molecule has 0 aromatic heterocycles. The van der Waals surface area contributed by atoms with Crippen LogP contribution in [0.3, 0.4) is 0 Å². The molecule has 0 spiro atoms. The molecule has 138 valence electrons. The minimum Gasteiger partial charge on any atom is -0.357 e. The molecular formula is C20H32N4O. The van der Waals surface area contributed by atoms with Crippen molar-refractivity contribution in [2.45, 2.75) is 51.5 Å². The normalized spacial score (nSPS) is 15.7. The summed E-state index contributed by atoms with van der Waals surface area (Å²) < 4.78 is 0. The van der Waals surface area contributed by atoms with Crippen LogP contribution in [0.2, 0.25) is 0 Å². The van der Waals surface area contributed by atoms with Crippen molar-refractivity contribution in [2.75, 3.05) is 27.2 Å². The smallest absolute Gasteiger partial charge is 0.253 e. The van der Waals surface area contributed by atoms with Crippen molar-refractivity contribution in [3.8, 4) is 0 Å². The van der Waals surface area contributed by atoms with E-state index in [1.54, 1.807) is 19.0 Å². The van der Waals surface area contributed by atoms with Gasteiger partial charge in [-0.1, -0.05) is 31.4 Å². The van der Waals surface area contributed by atoms with Crippen molar-refractivity contribution in [3.63, 3.8) is 0 Å². The zero-order chi connectivity index (χ0) is 18.1. The number of benzene rings is 1. The van der Waals surface area contributed by atoms with E-state index >= 15 is 0 Å². The number of nitrogens with zero attached hydrogens (tertiary/aromatic N) is 2. The molecule has 5 nitrogen and oxygen atoms in total. The highest BCUT2D eigenvalue weighted by Gasteiger charge is 2.14. The number of nitrogens with one attached hydrogen (secondary N) is 2. The van der Waals surface area contributed by atoms with E-state index in [1.165, 1.54) is 32.1 Å². The maximum atomic E-state index is 12.1. The van der Waals surface area contributed by atoms with Crippen LogP contribution >= 0.6 is 0 Å². The molecule has 0 aliphatic heterocycles. The molecule has 0 radical (unpaired) electrons. The van der Waals surface area contributed by atoms with Gasteiger partial charge < -0.3 is 15.5 Å². The molecule has 0 atom stereocenters. The molecule has 2 N–H and O–H groups in total. The Kier molecular flexibility index (Phi) is 7.76. The number of rotatable bonds is 6. The molecule has 0 bridgehead atoms. The van der Waals surface area contributed by atoms with Gasteiger partial charge in [-0.25, -0.2) is 0 Å². The Morgan fingerprint density at radius 3 is 2.68 bits per heavy atom. The van der Waals surface area contributed by atoms with E-state index in [2.05, 4.69) is 23.6 Å². The van der Waals surface area contributed by atoms with E-state index in [1.807, 2.05) is 18.2 Å². The number of hydrogen-bond donors (Lipinski definition) is 2. The first kappa shape index (κ1) is 19.3. The monoisotopic (exact) mass is 344 g/mol. The van der Waals surface area contributed by atoms with Crippen LogP contribution in [0.25, 0.3) is 0 Å². The Balaban J connectivity index is 1.92. The predicted molar refractivity (Wildman–Crippen MR) is 104 cm³/mol. The van der Waals surface area contributed by atoms with Crippen molar-refractivity contribution in [1.29, 1.82) is 0 Å². The summed E-state index contributed by atoms with van der Waals surface area (Å²) in [5, 5.41) is 6.90. The van der Waals surface area contributed by atoms with Crippen LogP contribution in [0.5, 0.6) is 0 Å². The molecule has 2 rings (SSSR count). The molecule has 1 aliphatic rings. The van der Waals surface area contributed by atoms with Gasteiger partial charge in [-0.3, -0.25) is 9.79 Å². The van der Waals surface area contributed by atoms with Crippen molar-refractivity contribution in [2.24, 2.45) is 4.99 Å². The zero-order valence-electron chi connectivity index (χ0n) is 15.8. The molecule has 25 heavy (non-hydrogen) atoms. The van der Waals surface area contributed by atoms with Gasteiger partial charge in [0.2, 0.25) is 0 Å². The summed E-state index contributed by atoms with van der Waals surface area (Å²) in [6, 6.07) is 8.39. The van der Waals surface area contributed by atoms with Gasteiger partial charge in [0.1, 0.15) is 0 Å². The standard InChI is InChI=1S/C20H32N4O/c1-4-21-20(23-18-11-6-5-7-12-18)22-14-13-16-9-8-10-17(15-16)19(25)24(2)3/h8-10,15,18H,4-7,11-14H2,1-3H3,(H2,21,22,23). The van der Waals surface area contributed by atoms with Crippen LogP contribution in [0.15, 0.2) is 29.3 Å². The fraction of sp³-hybridized carbons (Fsp3) is 0.600. The predicted octanol–water partition coefficient (Wildman–Crippen LogP) is 2.82. The number of carbonyl (C=O) groups is 1. The van der Waals surface area contributed by atoms with Crippen LogP contribution in [0.1, 0.15) is 54.9 Å². The first-order valence-corrected chi connectivity index (χ1v) is 9.45. The number of aliphatic imine (C=N–C) groups is 1. The van der Waals surface area contributed by atoms with Gasteiger partial charge >= 0.3 is 0 Å². The largest absolute Gasteiger partial charge is 0.357 e.